The molecule has 4 rings (SSSR count). The average Bonchev–Trinajstić information content (AvgIpc) is 3.09. The molecule has 9 heteroatoms. The molecule has 0 spiro atoms. The number of imide groups is 1. The first-order valence-electron chi connectivity index (χ1n) is 11.1. The Labute approximate surface area is 202 Å². The summed E-state index contributed by atoms with van der Waals surface area (Å²) in [6.45, 7) is 2.07. The number of hydrogen-bond donors (Lipinski definition) is 1. The number of ether oxygens (including phenoxy) is 1. The molecule has 2 aromatic carbocycles. The van der Waals surface area contributed by atoms with E-state index in [1.54, 1.807) is 85.9 Å². The van der Waals surface area contributed by atoms with Crippen LogP contribution in [0, 0.1) is 0 Å². The highest BCUT2D eigenvalue weighted by atomic mass is 16.5. The maximum Gasteiger partial charge on any atom is 0.338 e. The largest absolute Gasteiger partial charge is 0.462 e. The summed E-state index contributed by atoms with van der Waals surface area (Å²) < 4.78 is 4.96. The minimum Gasteiger partial charge on any atom is -0.462 e. The van der Waals surface area contributed by atoms with E-state index in [0.717, 1.165) is 4.90 Å². The molecule has 3 aromatic rings. The quantitative estimate of drug-likeness (QED) is 0.396. The van der Waals surface area contributed by atoms with Crippen molar-refractivity contribution in [3.8, 4) is 0 Å². The molecule has 4 amide bonds. The van der Waals surface area contributed by atoms with Gasteiger partial charge in [0.25, 0.3) is 5.91 Å². The Morgan fingerprint density at radius 1 is 0.971 bits per heavy atom. The van der Waals surface area contributed by atoms with Gasteiger partial charge in [0.15, 0.2) is 0 Å². The number of nitrogens with zero attached hydrogens (tertiary/aromatic N) is 3. The van der Waals surface area contributed by atoms with Crippen LogP contribution >= 0.6 is 0 Å². The summed E-state index contributed by atoms with van der Waals surface area (Å²) in [5, 5.41) is 2.73. The van der Waals surface area contributed by atoms with Crippen LogP contribution in [0.15, 0.2) is 79.0 Å². The van der Waals surface area contributed by atoms with Gasteiger partial charge in [0, 0.05) is 11.9 Å². The van der Waals surface area contributed by atoms with Gasteiger partial charge in [-0.05, 0) is 55.5 Å². The van der Waals surface area contributed by atoms with E-state index >= 15 is 0 Å². The molecule has 9 nitrogen and oxygen atoms in total. The number of amides is 4. The van der Waals surface area contributed by atoms with Crippen molar-refractivity contribution in [3.05, 3.63) is 90.3 Å². The van der Waals surface area contributed by atoms with E-state index in [0.29, 0.717) is 22.6 Å². The standard InChI is InChI=1S/C26H24N4O5/c1-2-35-25(33)18-11-13-19(14-12-18)28-23(31)16-22-24(32)30(21-9-4-3-5-10-21)26(34)29(22)17-20-8-6-7-15-27-20/h3-15,22H,2,16-17H2,1H3,(H,28,31)/t22-/m0/s1. The monoisotopic (exact) mass is 472 g/mol. The van der Waals surface area contributed by atoms with E-state index in [9.17, 15) is 19.2 Å². The summed E-state index contributed by atoms with van der Waals surface area (Å²) in [5.74, 6) is -1.38. The molecule has 1 aliphatic rings. The Morgan fingerprint density at radius 2 is 1.69 bits per heavy atom. The normalized spacial score (nSPS) is 15.3. The fraction of sp³-hybridized carbons (Fsp3) is 0.192. The number of carbonyl (C=O) groups is 4. The zero-order valence-electron chi connectivity index (χ0n) is 19.1. The topological polar surface area (TPSA) is 109 Å². The number of aromatic nitrogens is 1. The smallest absolute Gasteiger partial charge is 0.338 e. The number of urea groups is 1. The molecule has 0 bridgehead atoms. The highest BCUT2D eigenvalue weighted by Crippen LogP contribution is 2.28. The number of para-hydroxylation sites is 1. The number of anilines is 2. The van der Waals surface area contributed by atoms with Gasteiger partial charge in [0.05, 0.1) is 36.5 Å². The number of benzene rings is 2. The van der Waals surface area contributed by atoms with Gasteiger partial charge >= 0.3 is 12.0 Å². The fourth-order valence-corrected chi connectivity index (χ4v) is 3.79. The van der Waals surface area contributed by atoms with Gasteiger partial charge in [-0.15, -0.1) is 0 Å². The SMILES string of the molecule is CCOC(=O)c1ccc(NC(=O)C[C@H]2C(=O)N(c3ccccc3)C(=O)N2Cc2ccccn2)cc1. The molecule has 35 heavy (non-hydrogen) atoms. The van der Waals surface area contributed by atoms with Gasteiger partial charge in [0.1, 0.15) is 6.04 Å². The highest BCUT2D eigenvalue weighted by molar-refractivity contribution is 6.22. The van der Waals surface area contributed by atoms with Crippen LogP contribution in [-0.2, 0) is 20.9 Å². The van der Waals surface area contributed by atoms with Crippen molar-refractivity contribution < 1.29 is 23.9 Å². The number of esters is 1. The van der Waals surface area contributed by atoms with Crippen LogP contribution in [-0.4, -0.2) is 46.3 Å². The van der Waals surface area contributed by atoms with Gasteiger partial charge < -0.3 is 15.0 Å². The third kappa shape index (κ3) is 5.35. The Balaban J connectivity index is 1.52. The molecule has 0 unspecified atom stereocenters. The third-order valence-electron chi connectivity index (χ3n) is 5.45. The number of rotatable bonds is 8. The second kappa shape index (κ2) is 10.6. The third-order valence-corrected chi connectivity index (χ3v) is 5.45. The first-order valence-corrected chi connectivity index (χ1v) is 11.1. The van der Waals surface area contributed by atoms with Crippen LogP contribution in [0.3, 0.4) is 0 Å². The molecule has 0 saturated carbocycles. The summed E-state index contributed by atoms with van der Waals surface area (Å²) in [6.07, 6.45) is 1.37. The first kappa shape index (κ1) is 23.6. The molecular formula is C26H24N4O5. The molecule has 1 aliphatic heterocycles. The van der Waals surface area contributed by atoms with E-state index in [1.807, 2.05) is 0 Å². The molecular weight excluding hydrogens is 448 g/mol. The molecule has 178 valence electrons. The Bertz CT molecular complexity index is 1220. The van der Waals surface area contributed by atoms with E-state index < -0.39 is 29.9 Å². The van der Waals surface area contributed by atoms with Gasteiger partial charge in [-0.25, -0.2) is 14.5 Å². The fourth-order valence-electron chi connectivity index (χ4n) is 3.79. The highest BCUT2D eigenvalue weighted by Gasteiger charge is 2.46. The molecule has 0 aliphatic carbocycles. The lowest BCUT2D eigenvalue weighted by Crippen LogP contribution is -2.37. The molecule has 1 aromatic heterocycles. The number of hydrogen-bond acceptors (Lipinski definition) is 6. The average molecular weight is 473 g/mol. The first-order chi connectivity index (χ1) is 17.0. The van der Waals surface area contributed by atoms with Gasteiger partial charge in [-0.2, -0.15) is 0 Å². The van der Waals surface area contributed by atoms with Crippen LogP contribution in [0.25, 0.3) is 0 Å². The van der Waals surface area contributed by atoms with Gasteiger partial charge in [-0.3, -0.25) is 14.6 Å². The van der Waals surface area contributed by atoms with Crippen molar-refractivity contribution in [2.45, 2.75) is 25.9 Å². The molecule has 1 N–H and O–H groups in total. The predicted octanol–water partition coefficient (Wildman–Crippen LogP) is 3.62. The maximum absolute atomic E-state index is 13.3. The van der Waals surface area contributed by atoms with E-state index in [1.165, 1.54) is 4.90 Å². The Hall–Kier alpha value is -4.53. The lowest BCUT2D eigenvalue weighted by molar-refractivity contribution is -0.124. The Morgan fingerprint density at radius 3 is 2.34 bits per heavy atom. The molecule has 1 saturated heterocycles. The van der Waals surface area contributed by atoms with Crippen LogP contribution < -0.4 is 10.2 Å². The zero-order chi connectivity index (χ0) is 24.8. The predicted molar refractivity (Wildman–Crippen MR) is 129 cm³/mol. The summed E-state index contributed by atoms with van der Waals surface area (Å²) in [4.78, 5) is 57.9. The lowest BCUT2D eigenvalue weighted by Gasteiger charge is -2.21. The molecule has 2 heterocycles. The second-order valence-corrected chi connectivity index (χ2v) is 7.81. The van der Waals surface area contributed by atoms with E-state index in [2.05, 4.69) is 10.3 Å². The van der Waals surface area contributed by atoms with Crippen molar-refractivity contribution in [2.75, 3.05) is 16.8 Å². The van der Waals surface area contributed by atoms with Crippen LogP contribution in [0.5, 0.6) is 0 Å². The summed E-state index contributed by atoms with van der Waals surface area (Å²) in [5.41, 5.74) is 1.85. The lowest BCUT2D eigenvalue weighted by atomic mass is 10.1. The summed E-state index contributed by atoms with van der Waals surface area (Å²) >= 11 is 0. The van der Waals surface area contributed by atoms with E-state index in [4.69, 9.17) is 4.74 Å². The van der Waals surface area contributed by atoms with Crippen LogP contribution in [0.4, 0.5) is 16.2 Å². The zero-order valence-corrected chi connectivity index (χ0v) is 19.1. The van der Waals surface area contributed by atoms with Gasteiger partial charge in [-0.1, -0.05) is 24.3 Å². The van der Waals surface area contributed by atoms with Crippen molar-refractivity contribution in [2.24, 2.45) is 0 Å². The second-order valence-electron chi connectivity index (χ2n) is 7.81. The van der Waals surface area contributed by atoms with Crippen molar-refractivity contribution in [3.63, 3.8) is 0 Å². The van der Waals surface area contributed by atoms with Crippen molar-refractivity contribution in [1.29, 1.82) is 0 Å². The minimum atomic E-state index is -0.997. The van der Waals surface area contributed by atoms with E-state index in [-0.39, 0.29) is 19.6 Å². The van der Waals surface area contributed by atoms with Gasteiger partial charge in [0.2, 0.25) is 5.91 Å². The van der Waals surface area contributed by atoms with Crippen molar-refractivity contribution >= 4 is 35.2 Å². The molecule has 1 atom stereocenters. The number of pyridine rings is 1. The number of nitrogens with one attached hydrogen (secondary N) is 1. The summed E-state index contributed by atoms with van der Waals surface area (Å²) in [7, 11) is 0. The van der Waals surface area contributed by atoms with Crippen LogP contribution in [0.1, 0.15) is 29.4 Å². The molecule has 0 radical (unpaired) electrons. The minimum absolute atomic E-state index is 0.0843. The molecule has 1 fully saturated rings. The Kier molecular flexibility index (Phi) is 7.15. The maximum atomic E-state index is 13.3. The van der Waals surface area contributed by atoms with Crippen molar-refractivity contribution in [1.82, 2.24) is 9.88 Å². The summed E-state index contributed by atoms with van der Waals surface area (Å²) in [6, 6.07) is 18.6. The van der Waals surface area contributed by atoms with Crippen LogP contribution in [0.2, 0.25) is 0 Å². The number of carbonyl (C=O) groups excluding carboxylic acids is 4.